The Morgan fingerprint density at radius 1 is 1.42 bits per heavy atom. The molecule has 0 atom stereocenters. The van der Waals surface area contributed by atoms with Crippen molar-refractivity contribution in [3.05, 3.63) is 11.7 Å². The first-order valence-corrected chi connectivity index (χ1v) is 4.33. The van der Waals surface area contributed by atoms with E-state index in [1.54, 1.807) is 0 Å². The number of aliphatic hydroxyl groups is 1. The monoisotopic (exact) mass is 168 g/mol. The summed E-state index contributed by atoms with van der Waals surface area (Å²) in [5.41, 5.74) is 0. The van der Waals surface area contributed by atoms with Gasteiger partial charge in [0.2, 0.25) is 0 Å². The van der Waals surface area contributed by atoms with Crippen molar-refractivity contribution in [2.24, 2.45) is 0 Å². The van der Waals surface area contributed by atoms with Crippen LogP contribution in [0, 0.1) is 0 Å². The first-order chi connectivity index (χ1) is 5.90. The van der Waals surface area contributed by atoms with Crippen molar-refractivity contribution in [3.8, 4) is 0 Å². The van der Waals surface area contributed by atoms with Crippen LogP contribution in [0.2, 0.25) is 0 Å². The van der Waals surface area contributed by atoms with Gasteiger partial charge in [-0.1, -0.05) is 18.0 Å². The molecular weight excluding hydrogens is 156 g/mol. The molecule has 4 heteroatoms. The molecule has 1 heterocycles. The quantitative estimate of drug-likeness (QED) is 0.721. The highest BCUT2D eigenvalue weighted by Gasteiger charge is 2.21. The Kier molecular flexibility index (Phi) is 2.08. The number of hydrogen-bond acceptors (Lipinski definition) is 4. The first kappa shape index (κ1) is 7.73. The second kappa shape index (κ2) is 3.23. The van der Waals surface area contributed by atoms with Crippen molar-refractivity contribution in [2.75, 3.05) is 0 Å². The van der Waals surface area contributed by atoms with E-state index in [0.29, 0.717) is 11.8 Å². The smallest absolute Gasteiger partial charge is 0.252 e. The average Bonchev–Trinajstić information content (AvgIpc) is 2.75. The summed E-state index contributed by atoms with van der Waals surface area (Å²) in [5.74, 6) is 1.57. The zero-order chi connectivity index (χ0) is 8.39. The Bertz CT molecular complexity index is 253. The second-order valence-electron chi connectivity index (χ2n) is 3.19. The minimum absolute atomic E-state index is 0.153. The van der Waals surface area contributed by atoms with Crippen LogP contribution in [0.3, 0.4) is 0 Å². The molecule has 0 radical (unpaired) electrons. The van der Waals surface area contributed by atoms with Gasteiger partial charge in [0.05, 0.1) is 0 Å². The van der Waals surface area contributed by atoms with Gasteiger partial charge >= 0.3 is 0 Å². The second-order valence-corrected chi connectivity index (χ2v) is 3.19. The highest BCUT2D eigenvalue weighted by molar-refractivity contribution is 4.97. The van der Waals surface area contributed by atoms with E-state index in [-0.39, 0.29) is 6.61 Å². The number of aromatic nitrogens is 2. The van der Waals surface area contributed by atoms with E-state index in [4.69, 9.17) is 9.63 Å². The lowest BCUT2D eigenvalue weighted by molar-refractivity contribution is 0.222. The van der Waals surface area contributed by atoms with Crippen LogP contribution in [0.25, 0.3) is 0 Å². The molecule has 1 N–H and O–H groups in total. The Morgan fingerprint density at radius 2 is 2.17 bits per heavy atom. The molecule has 0 aliphatic heterocycles. The minimum Gasteiger partial charge on any atom is -0.387 e. The predicted octanol–water partition coefficient (Wildman–Crippen LogP) is 1.22. The van der Waals surface area contributed by atoms with Gasteiger partial charge in [-0.3, -0.25) is 0 Å². The maximum atomic E-state index is 8.70. The molecule has 1 saturated carbocycles. The molecule has 1 aliphatic rings. The predicted molar refractivity (Wildman–Crippen MR) is 41.4 cm³/mol. The molecule has 66 valence electrons. The van der Waals surface area contributed by atoms with Crippen LogP contribution in [-0.4, -0.2) is 15.2 Å². The van der Waals surface area contributed by atoms with Crippen molar-refractivity contribution in [1.29, 1.82) is 0 Å². The van der Waals surface area contributed by atoms with E-state index in [1.165, 1.54) is 12.8 Å². The lowest BCUT2D eigenvalue weighted by Gasteiger charge is -1.99. The third-order valence-corrected chi connectivity index (χ3v) is 2.34. The van der Waals surface area contributed by atoms with Gasteiger partial charge in [0.1, 0.15) is 6.61 Å². The van der Waals surface area contributed by atoms with Crippen LogP contribution < -0.4 is 0 Å². The van der Waals surface area contributed by atoms with Gasteiger partial charge in [0.15, 0.2) is 5.82 Å². The van der Waals surface area contributed by atoms with E-state index in [9.17, 15) is 0 Å². The fourth-order valence-electron chi connectivity index (χ4n) is 1.68. The number of nitrogens with zero attached hydrogens (tertiary/aromatic N) is 2. The first-order valence-electron chi connectivity index (χ1n) is 4.33. The molecule has 0 spiro atoms. The zero-order valence-corrected chi connectivity index (χ0v) is 6.86. The Morgan fingerprint density at radius 3 is 2.75 bits per heavy atom. The molecule has 12 heavy (non-hydrogen) atoms. The molecule has 0 unspecified atom stereocenters. The lowest BCUT2D eigenvalue weighted by atomic mass is 10.1. The summed E-state index contributed by atoms with van der Waals surface area (Å²) in [6, 6.07) is 0. The van der Waals surface area contributed by atoms with Crippen LogP contribution in [-0.2, 0) is 6.61 Å². The summed E-state index contributed by atoms with van der Waals surface area (Å²) < 4.78 is 4.82. The Balaban J connectivity index is 2.11. The summed E-state index contributed by atoms with van der Waals surface area (Å²) in [6.07, 6.45) is 4.83. The highest BCUT2D eigenvalue weighted by Crippen LogP contribution is 2.32. The molecule has 1 aromatic heterocycles. The number of aliphatic hydroxyl groups excluding tert-OH is 1. The van der Waals surface area contributed by atoms with E-state index < -0.39 is 0 Å². The molecule has 2 rings (SSSR count). The molecule has 0 amide bonds. The van der Waals surface area contributed by atoms with Crippen LogP contribution in [0.1, 0.15) is 43.3 Å². The SMILES string of the molecule is OCc1nc(C2CCCC2)no1. The van der Waals surface area contributed by atoms with Gasteiger partial charge in [0.25, 0.3) is 5.89 Å². The maximum absolute atomic E-state index is 8.70. The normalized spacial score (nSPS) is 18.8. The van der Waals surface area contributed by atoms with Crippen molar-refractivity contribution in [2.45, 2.75) is 38.2 Å². The summed E-state index contributed by atoms with van der Waals surface area (Å²) >= 11 is 0. The summed E-state index contributed by atoms with van der Waals surface area (Å²) in [5, 5.41) is 12.5. The van der Waals surface area contributed by atoms with Crippen LogP contribution in [0.4, 0.5) is 0 Å². The van der Waals surface area contributed by atoms with Crippen molar-refractivity contribution < 1.29 is 9.63 Å². The summed E-state index contributed by atoms with van der Waals surface area (Å²) in [7, 11) is 0. The average molecular weight is 168 g/mol. The van der Waals surface area contributed by atoms with Crippen molar-refractivity contribution in [1.82, 2.24) is 10.1 Å². The number of hydrogen-bond donors (Lipinski definition) is 1. The Hall–Kier alpha value is -0.900. The Labute approximate surface area is 70.6 Å². The molecule has 1 aliphatic carbocycles. The molecule has 1 aromatic rings. The number of rotatable bonds is 2. The third kappa shape index (κ3) is 1.34. The fourth-order valence-corrected chi connectivity index (χ4v) is 1.68. The van der Waals surface area contributed by atoms with E-state index in [1.807, 2.05) is 0 Å². The van der Waals surface area contributed by atoms with E-state index >= 15 is 0 Å². The fraction of sp³-hybridized carbons (Fsp3) is 0.750. The van der Waals surface area contributed by atoms with E-state index in [2.05, 4.69) is 10.1 Å². The molecule has 4 nitrogen and oxygen atoms in total. The zero-order valence-electron chi connectivity index (χ0n) is 6.86. The lowest BCUT2D eigenvalue weighted by Crippen LogP contribution is -1.95. The molecule has 1 fully saturated rings. The van der Waals surface area contributed by atoms with Crippen molar-refractivity contribution >= 4 is 0 Å². The third-order valence-electron chi connectivity index (χ3n) is 2.34. The largest absolute Gasteiger partial charge is 0.387 e. The van der Waals surface area contributed by atoms with Gasteiger partial charge in [0, 0.05) is 5.92 Å². The van der Waals surface area contributed by atoms with Gasteiger partial charge in [-0.25, -0.2) is 0 Å². The van der Waals surface area contributed by atoms with Gasteiger partial charge in [-0.2, -0.15) is 4.98 Å². The molecule has 0 aromatic carbocycles. The van der Waals surface area contributed by atoms with Crippen LogP contribution in [0.15, 0.2) is 4.52 Å². The van der Waals surface area contributed by atoms with Gasteiger partial charge in [-0.05, 0) is 12.8 Å². The molecular formula is C8H12N2O2. The molecule has 0 bridgehead atoms. The maximum Gasteiger partial charge on any atom is 0.252 e. The molecule has 0 saturated heterocycles. The van der Waals surface area contributed by atoms with E-state index in [0.717, 1.165) is 18.7 Å². The standard InChI is InChI=1S/C8H12N2O2/c11-5-7-9-8(10-12-7)6-3-1-2-4-6/h6,11H,1-5H2. The topological polar surface area (TPSA) is 59.2 Å². The summed E-state index contributed by atoms with van der Waals surface area (Å²) in [6.45, 7) is -0.153. The van der Waals surface area contributed by atoms with Crippen LogP contribution >= 0.6 is 0 Å². The summed E-state index contributed by atoms with van der Waals surface area (Å²) in [4.78, 5) is 4.08. The van der Waals surface area contributed by atoms with Gasteiger partial charge in [-0.15, -0.1) is 0 Å². The van der Waals surface area contributed by atoms with Crippen LogP contribution in [0.5, 0.6) is 0 Å². The minimum atomic E-state index is -0.153. The highest BCUT2D eigenvalue weighted by atomic mass is 16.5. The van der Waals surface area contributed by atoms with Crippen molar-refractivity contribution in [3.63, 3.8) is 0 Å². The van der Waals surface area contributed by atoms with Gasteiger partial charge < -0.3 is 9.63 Å².